The van der Waals surface area contributed by atoms with Gasteiger partial charge >= 0.3 is 0 Å². The molecule has 0 bridgehead atoms. The Morgan fingerprint density at radius 2 is 1.93 bits per heavy atom. The predicted octanol–water partition coefficient (Wildman–Crippen LogP) is 4.94. The van der Waals surface area contributed by atoms with Crippen molar-refractivity contribution in [3.8, 4) is 5.75 Å². The molecule has 138 valence electrons. The Kier molecular flexibility index (Phi) is 6.13. The number of hydrazone groups is 1. The van der Waals surface area contributed by atoms with Crippen LogP contribution >= 0.6 is 31.9 Å². The van der Waals surface area contributed by atoms with Gasteiger partial charge in [-0.1, -0.05) is 52.3 Å². The molecule has 0 unspecified atom stereocenters. The van der Waals surface area contributed by atoms with Crippen LogP contribution in [0.25, 0.3) is 10.8 Å². The van der Waals surface area contributed by atoms with Crippen LogP contribution in [-0.2, 0) is 4.79 Å². The second-order valence-electron chi connectivity index (χ2n) is 5.91. The molecular weight excluding hydrogens is 474 g/mol. The van der Waals surface area contributed by atoms with E-state index in [1.54, 1.807) is 6.07 Å². The number of fused-ring (bicyclic) bond motifs is 1. The molecule has 0 aromatic heterocycles. The van der Waals surface area contributed by atoms with Crippen LogP contribution in [0.4, 0.5) is 5.69 Å². The fraction of sp³-hybridized carbons (Fsp3) is 0.100. The third-order valence-corrected chi connectivity index (χ3v) is 5.87. The zero-order valence-corrected chi connectivity index (χ0v) is 17.6. The highest BCUT2D eigenvalue weighted by molar-refractivity contribution is 9.11. The van der Waals surface area contributed by atoms with Gasteiger partial charge in [0, 0.05) is 21.1 Å². The summed E-state index contributed by atoms with van der Waals surface area (Å²) < 4.78 is 1.42. The molecule has 27 heavy (non-hydrogen) atoms. The minimum absolute atomic E-state index is 0.0718. The van der Waals surface area contributed by atoms with Crippen molar-refractivity contribution in [2.75, 3.05) is 11.9 Å². The van der Waals surface area contributed by atoms with Crippen LogP contribution in [0.5, 0.6) is 5.75 Å². The van der Waals surface area contributed by atoms with E-state index in [1.807, 2.05) is 49.4 Å². The number of phenolic OH excluding ortho intramolecular Hbond substituents is 1. The summed E-state index contributed by atoms with van der Waals surface area (Å²) in [5, 5.41) is 19.3. The van der Waals surface area contributed by atoms with Crippen molar-refractivity contribution >= 4 is 60.4 Å². The second-order valence-corrected chi connectivity index (χ2v) is 7.56. The highest BCUT2D eigenvalue weighted by Gasteiger charge is 2.10. The Morgan fingerprint density at radius 1 is 1.19 bits per heavy atom. The van der Waals surface area contributed by atoms with Gasteiger partial charge < -0.3 is 10.4 Å². The number of phenols is 1. The van der Waals surface area contributed by atoms with E-state index in [2.05, 4.69) is 47.7 Å². The van der Waals surface area contributed by atoms with Crippen molar-refractivity contribution in [3.05, 3.63) is 68.6 Å². The summed E-state index contributed by atoms with van der Waals surface area (Å²) in [6.07, 6.45) is 1.40. The molecule has 5 nitrogen and oxygen atoms in total. The standard InChI is InChI=1S/C20H17Br2N3O2/c1-12-16(21)9-14(20(27)19(12)22)10-24-25-18(26)11-23-17-8-4-6-13-5-2-3-7-15(13)17/h2-10,23,27H,11H2,1H3,(H,25,26)/b24-10+. The number of hydrogen-bond donors (Lipinski definition) is 3. The SMILES string of the molecule is Cc1c(Br)cc(/C=N/NC(=O)CNc2cccc3ccccc23)c(O)c1Br. The number of carbonyl (C=O) groups is 1. The Hall–Kier alpha value is -2.38. The highest BCUT2D eigenvalue weighted by atomic mass is 79.9. The molecule has 3 aromatic carbocycles. The van der Waals surface area contributed by atoms with Gasteiger partial charge in [0.05, 0.1) is 17.2 Å². The molecule has 0 atom stereocenters. The number of nitrogens with zero attached hydrogens (tertiary/aromatic N) is 1. The van der Waals surface area contributed by atoms with Crippen molar-refractivity contribution in [1.82, 2.24) is 5.43 Å². The molecule has 0 heterocycles. The van der Waals surface area contributed by atoms with Crippen molar-refractivity contribution in [3.63, 3.8) is 0 Å². The Balaban J connectivity index is 1.63. The van der Waals surface area contributed by atoms with Crippen LogP contribution in [0.1, 0.15) is 11.1 Å². The molecular formula is C20H17Br2N3O2. The zero-order chi connectivity index (χ0) is 19.4. The average molecular weight is 491 g/mol. The first-order chi connectivity index (χ1) is 13.0. The maximum atomic E-state index is 12.0. The van der Waals surface area contributed by atoms with Crippen molar-refractivity contribution in [2.45, 2.75) is 6.92 Å². The first kappa shape index (κ1) is 19.4. The number of carbonyl (C=O) groups excluding carboxylic acids is 1. The van der Waals surface area contributed by atoms with Crippen molar-refractivity contribution < 1.29 is 9.90 Å². The summed E-state index contributed by atoms with van der Waals surface area (Å²) >= 11 is 6.76. The summed E-state index contributed by atoms with van der Waals surface area (Å²) in [5.74, 6) is -0.216. The molecule has 0 fully saturated rings. The molecule has 0 radical (unpaired) electrons. The van der Waals surface area contributed by atoms with E-state index in [0.29, 0.717) is 10.0 Å². The first-order valence-electron chi connectivity index (χ1n) is 8.18. The largest absolute Gasteiger partial charge is 0.506 e. The normalized spacial score (nSPS) is 11.1. The van der Waals surface area contributed by atoms with E-state index in [9.17, 15) is 9.90 Å². The molecule has 0 aliphatic carbocycles. The van der Waals surface area contributed by atoms with E-state index in [0.717, 1.165) is 26.5 Å². The molecule has 3 rings (SSSR count). The number of hydrogen-bond acceptors (Lipinski definition) is 4. The lowest BCUT2D eigenvalue weighted by Crippen LogP contribution is -2.25. The minimum Gasteiger partial charge on any atom is -0.506 e. The van der Waals surface area contributed by atoms with Gasteiger partial charge in [-0.2, -0.15) is 5.10 Å². The highest BCUT2D eigenvalue weighted by Crippen LogP contribution is 2.35. The fourth-order valence-electron chi connectivity index (χ4n) is 2.59. The van der Waals surface area contributed by atoms with Crippen LogP contribution < -0.4 is 10.7 Å². The quantitative estimate of drug-likeness (QED) is 0.350. The van der Waals surface area contributed by atoms with Gasteiger partial charge in [-0.25, -0.2) is 5.43 Å². The van der Waals surface area contributed by atoms with Gasteiger partial charge in [-0.3, -0.25) is 4.79 Å². The maximum absolute atomic E-state index is 12.0. The van der Waals surface area contributed by atoms with E-state index in [1.165, 1.54) is 6.21 Å². The number of halogens is 2. The monoisotopic (exact) mass is 489 g/mol. The number of anilines is 1. The third-order valence-electron chi connectivity index (χ3n) is 4.07. The number of aromatic hydroxyl groups is 1. The summed E-state index contributed by atoms with van der Waals surface area (Å²) in [5.41, 5.74) is 4.71. The minimum atomic E-state index is -0.288. The summed E-state index contributed by atoms with van der Waals surface area (Å²) in [6.45, 7) is 1.95. The summed E-state index contributed by atoms with van der Waals surface area (Å²) in [6, 6.07) is 15.6. The number of amides is 1. The van der Waals surface area contributed by atoms with Crippen LogP contribution in [0.2, 0.25) is 0 Å². The van der Waals surface area contributed by atoms with Gasteiger partial charge in [0.1, 0.15) is 5.75 Å². The van der Waals surface area contributed by atoms with Crippen LogP contribution in [0.15, 0.2) is 62.6 Å². The molecule has 3 aromatic rings. The number of nitrogens with one attached hydrogen (secondary N) is 2. The van der Waals surface area contributed by atoms with Crippen molar-refractivity contribution in [1.29, 1.82) is 0 Å². The van der Waals surface area contributed by atoms with Crippen molar-refractivity contribution in [2.24, 2.45) is 5.10 Å². The molecule has 3 N–H and O–H groups in total. The molecule has 0 spiro atoms. The number of rotatable bonds is 5. The zero-order valence-electron chi connectivity index (χ0n) is 14.5. The Morgan fingerprint density at radius 3 is 2.74 bits per heavy atom. The average Bonchev–Trinajstić information content (AvgIpc) is 2.68. The lowest BCUT2D eigenvalue weighted by atomic mass is 10.1. The van der Waals surface area contributed by atoms with Crippen LogP contribution in [-0.4, -0.2) is 23.8 Å². The van der Waals surface area contributed by atoms with Gasteiger partial charge in [0.25, 0.3) is 5.91 Å². The summed E-state index contributed by atoms with van der Waals surface area (Å²) in [4.78, 5) is 12.0. The smallest absolute Gasteiger partial charge is 0.259 e. The van der Waals surface area contributed by atoms with Gasteiger partial charge in [0.15, 0.2) is 0 Å². The topological polar surface area (TPSA) is 73.7 Å². The van der Waals surface area contributed by atoms with Gasteiger partial charge in [-0.15, -0.1) is 0 Å². The third kappa shape index (κ3) is 4.48. The lowest BCUT2D eigenvalue weighted by Gasteiger charge is -2.09. The number of benzene rings is 3. The van der Waals surface area contributed by atoms with E-state index in [4.69, 9.17) is 0 Å². The summed E-state index contributed by atoms with van der Waals surface area (Å²) in [7, 11) is 0. The second kappa shape index (κ2) is 8.54. The molecule has 0 saturated heterocycles. The molecule has 0 aliphatic rings. The van der Waals surface area contributed by atoms with E-state index in [-0.39, 0.29) is 18.2 Å². The van der Waals surface area contributed by atoms with Crippen LogP contribution in [0, 0.1) is 6.92 Å². The molecule has 0 aliphatic heterocycles. The van der Waals surface area contributed by atoms with E-state index >= 15 is 0 Å². The lowest BCUT2D eigenvalue weighted by molar-refractivity contribution is -0.119. The van der Waals surface area contributed by atoms with Crippen LogP contribution in [0.3, 0.4) is 0 Å². The molecule has 1 amide bonds. The first-order valence-corrected chi connectivity index (χ1v) is 9.77. The van der Waals surface area contributed by atoms with Gasteiger partial charge in [0.2, 0.25) is 0 Å². The predicted molar refractivity (Wildman–Crippen MR) is 116 cm³/mol. The van der Waals surface area contributed by atoms with Gasteiger partial charge in [-0.05, 0) is 45.9 Å². The molecule has 0 saturated carbocycles. The fourth-order valence-corrected chi connectivity index (χ4v) is 3.74. The Bertz CT molecular complexity index is 1030. The molecule has 7 heteroatoms. The maximum Gasteiger partial charge on any atom is 0.259 e. The van der Waals surface area contributed by atoms with E-state index < -0.39 is 0 Å². The Labute approximate surface area is 173 Å².